The normalized spacial score (nSPS) is 19.0. The van der Waals surface area contributed by atoms with E-state index in [1.807, 2.05) is 47.4 Å². The molecule has 30 heavy (non-hydrogen) atoms. The van der Waals surface area contributed by atoms with E-state index < -0.39 is 5.92 Å². The Bertz CT molecular complexity index is 869. The second kappa shape index (κ2) is 10.8. The van der Waals surface area contributed by atoms with Gasteiger partial charge in [-0.25, -0.2) is 0 Å². The summed E-state index contributed by atoms with van der Waals surface area (Å²) in [4.78, 5) is 15.3. The number of carbonyl (C=O) groups is 1. The molecule has 0 bridgehead atoms. The molecule has 0 aliphatic carbocycles. The first-order valence-electron chi connectivity index (χ1n) is 10.3. The number of likely N-dealkylation sites (tertiary alicyclic amines) is 1. The number of amides is 1. The minimum absolute atomic E-state index is 0.0350. The molecule has 2 aromatic carbocycles. The molecular weight excluding hydrogens is 411 g/mol. The molecular formula is C24H29N2O2PS. The van der Waals surface area contributed by atoms with Crippen molar-refractivity contribution in [2.75, 3.05) is 25.7 Å². The van der Waals surface area contributed by atoms with Gasteiger partial charge in [-0.2, -0.15) is 17.0 Å². The SMILES string of the molecule is COc1ccc(C(C)C(SCP)C(C#N)C(=O)N2CCC(c3ccccc3)C2)cc1. The van der Waals surface area contributed by atoms with Crippen LogP contribution in [0.15, 0.2) is 54.6 Å². The topological polar surface area (TPSA) is 53.3 Å². The molecule has 5 atom stereocenters. The number of benzene rings is 2. The second-order valence-corrected chi connectivity index (χ2v) is 9.86. The third-order valence-corrected chi connectivity index (χ3v) is 7.76. The quantitative estimate of drug-likeness (QED) is 0.549. The monoisotopic (exact) mass is 440 g/mol. The van der Waals surface area contributed by atoms with Crippen molar-refractivity contribution >= 4 is 26.9 Å². The zero-order valence-electron chi connectivity index (χ0n) is 17.5. The van der Waals surface area contributed by atoms with Crippen LogP contribution in [-0.4, -0.2) is 41.8 Å². The maximum Gasteiger partial charge on any atom is 0.241 e. The zero-order valence-corrected chi connectivity index (χ0v) is 19.5. The van der Waals surface area contributed by atoms with Gasteiger partial charge in [-0.3, -0.25) is 4.79 Å². The zero-order chi connectivity index (χ0) is 21.5. The molecule has 1 fully saturated rings. The van der Waals surface area contributed by atoms with Crippen LogP contribution in [-0.2, 0) is 4.79 Å². The molecule has 0 radical (unpaired) electrons. The van der Waals surface area contributed by atoms with Crippen molar-refractivity contribution in [3.8, 4) is 11.8 Å². The highest BCUT2D eigenvalue weighted by atomic mass is 32.2. The van der Waals surface area contributed by atoms with Gasteiger partial charge in [-0.1, -0.05) is 49.4 Å². The van der Waals surface area contributed by atoms with Gasteiger partial charge in [-0.05, 0) is 35.6 Å². The standard InChI is InChI=1S/C24H29N2O2PS/c1-17(18-8-10-21(28-2)11-9-18)23(30-16-29)22(14-25)24(27)26-13-12-20(15-26)19-6-4-3-5-7-19/h3-11,17,20,22-23H,12-13,15-16,29H2,1-2H3. The number of methoxy groups -OCH3 is 1. The number of nitriles is 1. The third-order valence-electron chi connectivity index (χ3n) is 5.93. The molecule has 0 spiro atoms. The van der Waals surface area contributed by atoms with Gasteiger partial charge in [-0.15, -0.1) is 9.24 Å². The maximum atomic E-state index is 13.4. The van der Waals surface area contributed by atoms with Crippen molar-refractivity contribution in [3.05, 3.63) is 65.7 Å². The van der Waals surface area contributed by atoms with Gasteiger partial charge >= 0.3 is 0 Å². The first kappa shape index (κ1) is 22.7. The average molecular weight is 441 g/mol. The second-order valence-electron chi connectivity index (χ2n) is 7.65. The minimum atomic E-state index is -0.665. The molecule has 4 nitrogen and oxygen atoms in total. The summed E-state index contributed by atoms with van der Waals surface area (Å²) in [5.74, 6) is 0.525. The van der Waals surface area contributed by atoms with Gasteiger partial charge in [0.1, 0.15) is 11.7 Å². The summed E-state index contributed by atoms with van der Waals surface area (Å²) in [5, 5.41) is 9.87. The summed E-state index contributed by atoms with van der Waals surface area (Å²) in [7, 11) is 4.36. The van der Waals surface area contributed by atoms with Crippen molar-refractivity contribution < 1.29 is 9.53 Å². The Balaban J connectivity index is 1.75. The molecule has 1 aliphatic rings. The lowest BCUT2D eigenvalue weighted by Gasteiger charge is -2.29. The van der Waals surface area contributed by atoms with Crippen LogP contribution in [0.2, 0.25) is 0 Å². The molecule has 158 valence electrons. The molecule has 1 heterocycles. The van der Waals surface area contributed by atoms with E-state index in [0.29, 0.717) is 19.0 Å². The summed E-state index contributed by atoms with van der Waals surface area (Å²) < 4.78 is 5.26. The Kier molecular flexibility index (Phi) is 8.19. The molecule has 0 saturated carbocycles. The molecule has 3 rings (SSSR count). The van der Waals surface area contributed by atoms with Crippen LogP contribution in [0, 0.1) is 17.2 Å². The van der Waals surface area contributed by atoms with Crippen molar-refractivity contribution in [1.82, 2.24) is 4.90 Å². The van der Waals surface area contributed by atoms with E-state index in [0.717, 1.165) is 23.2 Å². The predicted molar refractivity (Wildman–Crippen MR) is 127 cm³/mol. The number of hydrogen-bond acceptors (Lipinski definition) is 4. The minimum Gasteiger partial charge on any atom is -0.497 e. The Morgan fingerprint density at radius 1 is 1.27 bits per heavy atom. The highest BCUT2D eigenvalue weighted by molar-refractivity contribution is 8.03. The Morgan fingerprint density at radius 2 is 1.97 bits per heavy atom. The van der Waals surface area contributed by atoms with E-state index in [-0.39, 0.29) is 17.1 Å². The van der Waals surface area contributed by atoms with Crippen LogP contribution in [0.4, 0.5) is 0 Å². The fourth-order valence-electron chi connectivity index (χ4n) is 4.16. The van der Waals surface area contributed by atoms with E-state index in [2.05, 4.69) is 34.4 Å². The van der Waals surface area contributed by atoms with Gasteiger partial charge < -0.3 is 9.64 Å². The van der Waals surface area contributed by atoms with E-state index >= 15 is 0 Å². The van der Waals surface area contributed by atoms with E-state index in [1.54, 1.807) is 18.9 Å². The molecule has 0 aromatic heterocycles. The Labute approximate surface area is 186 Å². The molecule has 1 saturated heterocycles. The number of thioether (sulfide) groups is 1. The summed E-state index contributed by atoms with van der Waals surface area (Å²) in [5.41, 5.74) is 3.16. The first-order valence-corrected chi connectivity index (χ1v) is 12.1. The van der Waals surface area contributed by atoms with Crippen molar-refractivity contribution in [2.45, 2.75) is 30.4 Å². The van der Waals surface area contributed by atoms with Crippen molar-refractivity contribution in [1.29, 1.82) is 5.26 Å². The molecule has 1 aliphatic heterocycles. The van der Waals surface area contributed by atoms with Gasteiger partial charge in [0.2, 0.25) is 5.91 Å². The number of hydrogen-bond donors (Lipinski definition) is 0. The molecule has 5 unspecified atom stereocenters. The highest BCUT2D eigenvalue weighted by Gasteiger charge is 2.38. The smallest absolute Gasteiger partial charge is 0.241 e. The third kappa shape index (κ3) is 5.17. The van der Waals surface area contributed by atoms with Crippen LogP contribution < -0.4 is 4.74 Å². The number of carbonyl (C=O) groups excluding carboxylic acids is 1. The van der Waals surface area contributed by atoms with Crippen molar-refractivity contribution in [2.24, 2.45) is 5.92 Å². The number of ether oxygens (including phenoxy) is 1. The van der Waals surface area contributed by atoms with Crippen LogP contribution in [0.5, 0.6) is 5.75 Å². The van der Waals surface area contributed by atoms with Gasteiger partial charge in [0.05, 0.1) is 13.2 Å². The lowest BCUT2D eigenvalue weighted by Crippen LogP contribution is -2.40. The van der Waals surface area contributed by atoms with Crippen LogP contribution >= 0.6 is 21.0 Å². The molecule has 0 N–H and O–H groups in total. The van der Waals surface area contributed by atoms with Gasteiger partial charge in [0, 0.05) is 29.8 Å². The average Bonchev–Trinajstić information content (AvgIpc) is 3.29. The van der Waals surface area contributed by atoms with Gasteiger partial charge in [0.25, 0.3) is 0 Å². The van der Waals surface area contributed by atoms with E-state index in [4.69, 9.17) is 4.74 Å². The first-order chi connectivity index (χ1) is 14.6. The Hall–Kier alpha value is -2.02. The van der Waals surface area contributed by atoms with Crippen LogP contribution in [0.1, 0.15) is 36.3 Å². The molecule has 1 amide bonds. The fraction of sp³-hybridized carbons (Fsp3) is 0.417. The molecule has 6 heteroatoms. The lowest BCUT2D eigenvalue weighted by atomic mass is 9.89. The lowest BCUT2D eigenvalue weighted by molar-refractivity contribution is -0.132. The number of rotatable bonds is 8. The number of nitrogens with zero attached hydrogens (tertiary/aromatic N) is 2. The summed E-state index contributed by atoms with van der Waals surface area (Å²) in [6, 6.07) is 20.6. The maximum absolute atomic E-state index is 13.4. The van der Waals surface area contributed by atoms with Crippen LogP contribution in [0.3, 0.4) is 0 Å². The van der Waals surface area contributed by atoms with Crippen LogP contribution in [0.25, 0.3) is 0 Å². The van der Waals surface area contributed by atoms with Gasteiger partial charge in [0.15, 0.2) is 0 Å². The summed E-state index contributed by atoms with van der Waals surface area (Å²) >= 11 is 1.67. The summed E-state index contributed by atoms with van der Waals surface area (Å²) in [6.45, 7) is 3.51. The predicted octanol–water partition coefficient (Wildman–Crippen LogP) is 4.89. The van der Waals surface area contributed by atoms with Crippen molar-refractivity contribution in [3.63, 3.8) is 0 Å². The Morgan fingerprint density at radius 3 is 2.57 bits per heavy atom. The van der Waals surface area contributed by atoms with E-state index in [1.165, 1.54) is 5.56 Å². The highest BCUT2D eigenvalue weighted by Crippen LogP contribution is 2.37. The molecule has 2 aromatic rings. The summed E-state index contributed by atoms with van der Waals surface area (Å²) in [6.07, 6.45) is 0.948. The fourth-order valence-corrected chi connectivity index (χ4v) is 5.87. The largest absolute Gasteiger partial charge is 0.497 e. The van der Waals surface area contributed by atoms with E-state index in [9.17, 15) is 10.1 Å².